The third kappa shape index (κ3) is 3.61. The largest absolute Gasteiger partial charge is 0.478 e. The molecular formula is C13H11ClN2O3S. The van der Waals surface area contributed by atoms with Gasteiger partial charge in [-0.05, 0) is 11.6 Å². The highest BCUT2D eigenvalue weighted by Gasteiger charge is 2.14. The number of carboxylic acids is 1. The van der Waals surface area contributed by atoms with Crippen LogP contribution in [0.15, 0.2) is 36.8 Å². The Balaban J connectivity index is 2.13. The van der Waals surface area contributed by atoms with Crippen LogP contribution in [0.3, 0.4) is 0 Å². The van der Waals surface area contributed by atoms with E-state index in [1.807, 2.05) is 6.07 Å². The van der Waals surface area contributed by atoms with Gasteiger partial charge in [-0.1, -0.05) is 29.8 Å². The first-order chi connectivity index (χ1) is 9.58. The molecule has 0 amide bonds. The molecule has 0 aliphatic heterocycles. The fourth-order valence-electron chi connectivity index (χ4n) is 1.64. The maximum Gasteiger partial charge on any atom is 0.339 e. The second kappa shape index (κ2) is 6.58. The Morgan fingerprint density at radius 2 is 2.05 bits per heavy atom. The van der Waals surface area contributed by atoms with Crippen LogP contribution in [0.25, 0.3) is 0 Å². The average molecular weight is 311 g/mol. The lowest BCUT2D eigenvalue weighted by Gasteiger charge is -2.06. The molecule has 0 aliphatic rings. The van der Waals surface area contributed by atoms with Crippen molar-refractivity contribution in [2.24, 2.45) is 0 Å². The van der Waals surface area contributed by atoms with Gasteiger partial charge < -0.3 is 5.11 Å². The minimum atomic E-state index is -1.30. The Kier molecular flexibility index (Phi) is 4.81. The summed E-state index contributed by atoms with van der Waals surface area (Å²) in [4.78, 5) is 18.6. The van der Waals surface area contributed by atoms with Crippen molar-refractivity contribution in [3.63, 3.8) is 0 Å². The van der Waals surface area contributed by atoms with Gasteiger partial charge in [-0.15, -0.1) is 0 Å². The molecule has 1 aromatic carbocycles. The van der Waals surface area contributed by atoms with Gasteiger partial charge in [0.1, 0.15) is 11.9 Å². The zero-order chi connectivity index (χ0) is 14.5. The van der Waals surface area contributed by atoms with Crippen LogP contribution >= 0.6 is 11.6 Å². The van der Waals surface area contributed by atoms with Crippen LogP contribution < -0.4 is 0 Å². The van der Waals surface area contributed by atoms with Crippen molar-refractivity contribution < 1.29 is 14.1 Å². The number of carboxylic acid groups (broad SMARTS) is 1. The molecule has 1 heterocycles. The summed E-state index contributed by atoms with van der Waals surface area (Å²) in [6, 6.07) is 7.12. The summed E-state index contributed by atoms with van der Waals surface area (Å²) in [6.07, 6.45) is 2.45. The summed E-state index contributed by atoms with van der Waals surface area (Å²) >= 11 is 6.00. The molecule has 0 radical (unpaired) electrons. The summed E-state index contributed by atoms with van der Waals surface area (Å²) in [7, 11) is -1.30. The van der Waals surface area contributed by atoms with Crippen molar-refractivity contribution in [2.45, 2.75) is 11.5 Å². The van der Waals surface area contributed by atoms with E-state index in [0.29, 0.717) is 5.02 Å². The number of benzene rings is 1. The van der Waals surface area contributed by atoms with Crippen molar-refractivity contribution in [3.05, 3.63) is 58.6 Å². The smallest absolute Gasteiger partial charge is 0.339 e. The zero-order valence-electron chi connectivity index (χ0n) is 10.3. The number of nitrogens with zero attached hydrogens (tertiary/aromatic N) is 2. The molecule has 0 aliphatic carbocycles. The van der Waals surface area contributed by atoms with Gasteiger partial charge in [0.2, 0.25) is 0 Å². The highest BCUT2D eigenvalue weighted by atomic mass is 35.5. The van der Waals surface area contributed by atoms with Crippen molar-refractivity contribution in [3.8, 4) is 0 Å². The van der Waals surface area contributed by atoms with E-state index in [1.165, 1.54) is 12.5 Å². The highest BCUT2D eigenvalue weighted by molar-refractivity contribution is 7.83. The van der Waals surface area contributed by atoms with Crippen LogP contribution in [0.2, 0.25) is 5.02 Å². The summed E-state index contributed by atoms with van der Waals surface area (Å²) < 4.78 is 12.1. The molecule has 0 fully saturated rings. The first-order valence-corrected chi connectivity index (χ1v) is 7.55. The Morgan fingerprint density at radius 1 is 1.30 bits per heavy atom. The topological polar surface area (TPSA) is 80.2 Å². The normalized spacial score (nSPS) is 12.1. The monoisotopic (exact) mass is 310 g/mol. The summed E-state index contributed by atoms with van der Waals surface area (Å²) in [6.45, 7) is 0. The average Bonchev–Trinajstić information content (AvgIpc) is 2.41. The number of aromatic nitrogens is 2. The van der Waals surface area contributed by atoms with Crippen LogP contribution in [0.4, 0.5) is 0 Å². The molecule has 104 valence electrons. The van der Waals surface area contributed by atoms with Gasteiger partial charge in [0.25, 0.3) is 0 Å². The first-order valence-electron chi connectivity index (χ1n) is 5.68. The predicted octanol–water partition coefficient (Wildman–Crippen LogP) is 2.28. The Morgan fingerprint density at radius 3 is 2.75 bits per heavy atom. The number of carbonyl (C=O) groups is 1. The fraction of sp³-hybridized carbons (Fsp3) is 0.154. The van der Waals surface area contributed by atoms with E-state index in [1.54, 1.807) is 18.2 Å². The molecule has 1 atom stereocenters. The Labute approximate surface area is 123 Å². The molecule has 7 heteroatoms. The van der Waals surface area contributed by atoms with Crippen LogP contribution in [0.1, 0.15) is 21.6 Å². The van der Waals surface area contributed by atoms with Crippen molar-refractivity contribution in [1.82, 2.24) is 9.97 Å². The zero-order valence-corrected chi connectivity index (χ0v) is 11.9. The number of aromatic carboxylic acids is 1. The lowest BCUT2D eigenvalue weighted by molar-refractivity contribution is 0.0695. The van der Waals surface area contributed by atoms with E-state index in [0.717, 1.165) is 5.56 Å². The molecule has 0 spiro atoms. The lowest BCUT2D eigenvalue weighted by atomic mass is 10.2. The van der Waals surface area contributed by atoms with Gasteiger partial charge in [0.15, 0.2) is 0 Å². The molecule has 2 aromatic rings. The minimum Gasteiger partial charge on any atom is -0.478 e. The Bertz CT molecular complexity index is 664. The molecule has 1 N–H and O–H groups in total. The van der Waals surface area contributed by atoms with E-state index in [4.69, 9.17) is 16.7 Å². The van der Waals surface area contributed by atoms with Crippen molar-refractivity contribution >= 4 is 28.4 Å². The number of hydrogen-bond acceptors (Lipinski definition) is 4. The molecule has 0 saturated carbocycles. The lowest BCUT2D eigenvalue weighted by Crippen LogP contribution is -2.09. The molecule has 0 bridgehead atoms. The Hall–Kier alpha value is -1.79. The third-order valence-electron chi connectivity index (χ3n) is 2.60. The highest BCUT2D eigenvalue weighted by Crippen LogP contribution is 2.18. The number of halogens is 1. The third-order valence-corrected chi connectivity index (χ3v) is 4.19. The van der Waals surface area contributed by atoms with Crippen molar-refractivity contribution in [2.75, 3.05) is 0 Å². The van der Waals surface area contributed by atoms with Crippen LogP contribution in [0, 0.1) is 0 Å². The van der Waals surface area contributed by atoms with Gasteiger partial charge in [-0.25, -0.2) is 14.8 Å². The van der Waals surface area contributed by atoms with Gasteiger partial charge >= 0.3 is 5.97 Å². The maximum atomic E-state index is 12.1. The van der Waals surface area contributed by atoms with Crippen LogP contribution in [-0.4, -0.2) is 25.3 Å². The molecule has 2 rings (SSSR count). The van der Waals surface area contributed by atoms with E-state index in [9.17, 15) is 9.00 Å². The molecule has 1 aromatic heterocycles. The van der Waals surface area contributed by atoms with Gasteiger partial charge in [-0.3, -0.25) is 4.21 Å². The van der Waals surface area contributed by atoms with Gasteiger partial charge in [-0.2, -0.15) is 0 Å². The quantitative estimate of drug-likeness (QED) is 0.916. The summed E-state index contributed by atoms with van der Waals surface area (Å²) in [5.41, 5.74) is 0.997. The minimum absolute atomic E-state index is 0.0278. The fourth-order valence-corrected chi connectivity index (χ4v) is 3.16. The molecule has 5 nitrogen and oxygen atoms in total. The van der Waals surface area contributed by atoms with Crippen molar-refractivity contribution in [1.29, 1.82) is 0 Å². The SMILES string of the molecule is O=C(O)c1cncnc1CS(=O)Cc1ccccc1Cl. The summed E-state index contributed by atoms with van der Waals surface area (Å²) in [5.74, 6) is -0.826. The van der Waals surface area contributed by atoms with E-state index < -0.39 is 16.8 Å². The first kappa shape index (κ1) is 14.6. The number of hydrogen-bond donors (Lipinski definition) is 1. The standard InChI is InChI=1S/C13H11ClN2O3S/c14-11-4-2-1-3-9(11)6-20(19)7-12-10(13(17)18)5-15-8-16-12/h1-5,8H,6-7H2,(H,17,18). The predicted molar refractivity (Wildman–Crippen MR) is 76.0 cm³/mol. The molecule has 0 saturated heterocycles. The maximum absolute atomic E-state index is 12.1. The van der Waals surface area contributed by atoms with Crippen LogP contribution in [-0.2, 0) is 22.3 Å². The van der Waals surface area contributed by atoms with Gasteiger partial charge in [0.05, 0.1) is 17.2 Å². The summed E-state index contributed by atoms with van der Waals surface area (Å²) in [5, 5.41) is 9.56. The van der Waals surface area contributed by atoms with E-state index in [-0.39, 0.29) is 22.8 Å². The number of rotatable bonds is 5. The second-order valence-corrected chi connectivity index (χ2v) is 5.87. The second-order valence-electron chi connectivity index (χ2n) is 4.01. The van der Waals surface area contributed by atoms with E-state index in [2.05, 4.69) is 9.97 Å². The van der Waals surface area contributed by atoms with E-state index >= 15 is 0 Å². The molecule has 1 unspecified atom stereocenters. The molecule has 20 heavy (non-hydrogen) atoms. The van der Waals surface area contributed by atoms with Gasteiger partial charge in [0, 0.05) is 22.0 Å². The molecular weight excluding hydrogens is 300 g/mol. The van der Waals surface area contributed by atoms with Crippen LogP contribution in [0.5, 0.6) is 0 Å².